The van der Waals surface area contributed by atoms with E-state index in [-0.39, 0.29) is 18.4 Å². The van der Waals surface area contributed by atoms with Gasteiger partial charge in [0.15, 0.2) is 0 Å². The fourth-order valence-electron chi connectivity index (χ4n) is 2.25. The van der Waals surface area contributed by atoms with Gasteiger partial charge in [-0.2, -0.15) is 0 Å². The van der Waals surface area contributed by atoms with Crippen LogP contribution in [0.25, 0.3) is 11.3 Å². The highest BCUT2D eigenvalue weighted by molar-refractivity contribution is 5.94. The van der Waals surface area contributed by atoms with Gasteiger partial charge >= 0.3 is 0 Å². The molecule has 6 heteroatoms. The molecule has 1 aliphatic heterocycles. The van der Waals surface area contributed by atoms with Crippen molar-refractivity contribution in [3.05, 3.63) is 36.8 Å². The summed E-state index contributed by atoms with van der Waals surface area (Å²) >= 11 is 0. The first-order valence-corrected chi connectivity index (χ1v) is 6.42. The summed E-state index contributed by atoms with van der Waals surface area (Å²) in [5.41, 5.74) is 1.60. The van der Waals surface area contributed by atoms with E-state index in [0.717, 1.165) is 11.3 Å². The molecule has 1 saturated heterocycles. The average Bonchev–Trinajstić information content (AvgIpc) is 2.89. The molecule has 3 heterocycles. The van der Waals surface area contributed by atoms with Gasteiger partial charge in [0.05, 0.1) is 5.69 Å². The number of aliphatic hydroxyl groups excluding tert-OH is 1. The van der Waals surface area contributed by atoms with Gasteiger partial charge < -0.3 is 5.11 Å². The van der Waals surface area contributed by atoms with Gasteiger partial charge in [-0.3, -0.25) is 14.7 Å². The molecule has 2 aromatic heterocycles. The molecule has 3 rings (SSSR count). The van der Waals surface area contributed by atoms with Crippen molar-refractivity contribution in [1.82, 2.24) is 15.0 Å². The second-order valence-electron chi connectivity index (χ2n) is 4.74. The highest BCUT2D eigenvalue weighted by Crippen LogP contribution is 2.23. The van der Waals surface area contributed by atoms with Crippen LogP contribution in [-0.2, 0) is 4.79 Å². The van der Waals surface area contributed by atoms with E-state index in [4.69, 9.17) is 5.11 Å². The Hall–Kier alpha value is -2.34. The van der Waals surface area contributed by atoms with Gasteiger partial charge in [-0.25, -0.2) is 9.97 Å². The van der Waals surface area contributed by atoms with Gasteiger partial charge in [0.1, 0.15) is 0 Å². The molecule has 20 heavy (non-hydrogen) atoms. The Labute approximate surface area is 116 Å². The molecule has 0 aromatic carbocycles. The van der Waals surface area contributed by atoms with E-state index in [1.54, 1.807) is 24.7 Å². The van der Waals surface area contributed by atoms with Gasteiger partial charge in [0.25, 0.3) is 0 Å². The SMILES string of the molecule is O=C1CC(CO)CN1c1nccc(-c2cccnc2)n1. The Bertz CT molecular complexity index is 618. The van der Waals surface area contributed by atoms with Crippen molar-refractivity contribution in [2.45, 2.75) is 6.42 Å². The summed E-state index contributed by atoms with van der Waals surface area (Å²) in [6, 6.07) is 5.52. The molecule has 6 nitrogen and oxygen atoms in total. The Balaban J connectivity index is 1.91. The van der Waals surface area contributed by atoms with E-state index in [1.807, 2.05) is 12.1 Å². The number of aliphatic hydroxyl groups is 1. The first-order valence-electron chi connectivity index (χ1n) is 6.42. The van der Waals surface area contributed by atoms with E-state index in [0.29, 0.717) is 18.9 Å². The van der Waals surface area contributed by atoms with E-state index >= 15 is 0 Å². The van der Waals surface area contributed by atoms with Crippen molar-refractivity contribution in [2.75, 3.05) is 18.1 Å². The quantitative estimate of drug-likeness (QED) is 0.895. The lowest BCUT2D eigenvalue weighted by Gasteiger charge is -2.14. The molecule has 2 aromatic rings. The van der Waals surface area contributed by atoms with E-state index in [2.05, 4.69) is 15.0 Å². The zero-order valence-corrected chi connectivity index (χ0v) is 10.8. The summed E-state index contributed by atoms with van der Waals surface area (Å²) < 4.78 is 0. The number of anilines is 1. The molecule has 1 unspecified atom stereocenters. The number of nitrogens with zero attached hydrogens (tertiary/aromatic N) is 4. The number of carbonyl (C=O) groups excluding carboxylic acids is 1. The third kappa shape index (κ3) is 2.37. The number of hydrogen-bond acceptors (Lipinski definition) is 5. The average molecular weight is 270 g/mol. The van der Waals surface area contributed by atoms with Crippen LogP contribution in [0, 0.1) is 5.92 Å². The van der Waals surface area contributed by atoms with E-state index in [9.17, 15) is 4.79 Å². The van der Waals surface area contributed by atoms with Crippen LogP contribution < -0.4 is 4.90 Å². The highest BCUT2D eigenvalue weighted by atomic mass is 16.3. The van der Waals surface area contributed by atoms with Crippen LogP contribution in [0.3, 0.4) is 0 Å². The van der Waals surface area contributed by atoms with Crippen molar-refractivity contribution in [2.24, 2.45) is 5.92 Å². The van der Waals surface area contributed by atoms with Crippen LogP contribution in [0.2, 0.25) is 0 Å². The molecule has 1 atom stereocenters. The molecule has 0 aliphatic carbocycles. The van der Waals surface area contributed by atoms with Gasteiger partial charge in [-0.15, -0.1) is 0 Å². The topological polar surface area (TPSA) is 79.2 Å². The molecule has 0 bridgehead atoms. The number of carbonyl (C=O) groups is 1. The summed E-state index contributed by atoms with van der Waals surface area (Å²) in [7, 11) is 0. The molecule has 0 radical (unpaired) electrons. The van der Waals surface area contributed by atoms with Crippen molar-refractivity contribution >= 4 is 11.9 Å². The van der Waals surface area contributed by atoms with Gasteiger partial charge in [0, 0.05) is 49.6 Å². The van der Waals surface area contributed by atoms with E-state index in [1.165, 1.54) is 4.90 Å². The minimum absolute atomic E-state index is 0.00450. The number of hydrogen-bond donors (Lipinski definition) is 1. The molecular formula is C14H14N4O2. The van der Waals surface area contributed by atoms with Gasteiger partial charge in [-0.1, -0.05) is 0 Å². The molecule has 0 saturated carbocycles. The number of aromatic nitrogens is 3. The first kappa shape index (κ1) is 12.7. The highest BCUT2D eigenvalue weighted by Gasteiger charge is 2.31. The maximum Gasteiger partial charge on any atom is 0.232 e. The van der Waals surface area contributed by atoms with Crippen molar-refractivity contribution in [1.29, 1.82) is 0 Å². The second-order valence-corrected chi connectivity index (χ2v) is 4.74. The Kier molecular flexibility index (Phi) is 3.39. The molecule has 0 spiro atoms. The molecular weight excluding hydrogens is 256 g/mol. The van der Waals surface area contributed by atoms with Crippen LogP contribution in [-0.4, -0.2) is 39.1 Å². The van der Waals surface area contributed by atoms with Crippen LogP contribution in [0.4, 0.5) is 5.95 Å². The van der Waals surface area contributed by atoms with Gasteiger partial charge in [-0.05, 0) is 18.2 Å². The third-order valence-corrected chi connectivity index (χ3v) is 3.30. The van der Waals surface area contributed by atoms with Crippen LogP contribution in [0.1, 0.15) is 6.42 Å². The maximum atomic E-state index is 11.9. The number of pyridine rings is 1. The minimum atomic E-state index is -0.0487. The van der Waals surface area contributed by atoms with Crippen LogP contribution in [0.5, 0.6) is 0 Å². The summed E-state index contributed by atoms with van der Waals surface area (Å²) in [5.74, 6) is 0.299. The molecule has 1 N–H and O–H groups in total. The van der Waals surface area contributed by atoms with Crippen molar-refractivity contribution in [3.8, 4) is 11.3 Å². The lowest BCUT2D eigenvalue weighted by molar-refractivity contribution is -0.117. The first-order chi connectivity index (χ1) is 9.78. The molecule has 1 aliphatic rings. The lowest BCUT2D eigenvalue weighted by Crippen LogP contribution is -2.27. The van der Waals surface area contributed by atoms with Crippen LogP contribution in [0.15, 0.2) is 36.8 Å². The predicted molar refractivity (Wildman–Crippen MR) is 72.8 cm³/mol. The fraction of sp³-hybridized carbons (Fsp3) is 0.286. The third-order valence-electron chi connectivity index (χ3n) is 3.30. The number of amides is 1. The molecule has 1 fully saturated rings. The Morgan fingerprint density at radius 2 is 2.25 bits per heavy atom. The number of rotatable bonds is 3. The summed E-state index contributed by atoms with van der Waals surface area (Å²) in [4.78, 5) is 26.1. The summed E-state index contributed by atoms with van der Waals surface area (Å²) in [5, 5.41) is 9.15. The molecule has 102 valence electrons. The zero-order valence-electron chi connectivity index (χ0n) is 10.8. The summed E-state index contributed by atoms with van der Waals surface area (Å²) in [6.07, 6.45) is 5.39. The molecule has 1 amide bonds. The maximum absolute atomic E-state index is 11.9. The summed E-state index contributed by atoms with van der Waals surface area (Å²) in [6.45, 7) is 0.469. The minimum Gasteiger partial charge on any atom is -0.396 e. The Morgan fingerprint density at radius 3 is 2.95 bits per heavy atom. The van der Waals surface area contributed by atoms with Crippen LogP contribution >= 0.6 is 0 Å². The second kappa shape index (κ2) is 5.34. The van der Waals surface area contributed by atoms with E-state index < -0.39 is 0 Å². The van der Waals surface area contributed by atoms with Crippen molar-refractivity contribution in [3.63, 3.8) is 0 Å². The fourth-order valence-corrected chi connectivity index (χ4v) is 2.25. The standard InChI is InChI=1S/C14H14N4O2/c19-9-10-6-13(20)18(8-10)14-16-5-3-12(17-14)11-2-1-4-15-7-11/h1-5,7,10,19H,6,8-9H2. The largest absolute Gasteiger partial charge is 0.396 e. The van der Waals surface area contributed by atoms with Crippen molar-refractivity contribution < 1.29 is 9.90 Å². The monoisotopic (exact) mass is 270 g/mol. The zero-order chi connectivity index (χ0) is 13.9. The predicted octanol–water partition coefficient (Wildman–Crippen LogP) is 0.884. The Morgan fingerprint density at radius 1 is 1.35 bits per heavy atom. The van der Waals surface area contributed by atoms with Gasteiger partial charge in [0.2, 0.25) is 11.9 Å². The normalized spacial score (nSPS) is 18.6. The smallest absolute Gasteiger partial charge is 0.232 e. The lowest BCUT2D eigenvalue weighted by atomic mass is 10.1.